The van der Waals surface area contributed by atoms with Crippen molar-refractivity contribution in [1.29, 1.82) is 0 Å². The van der Waals surface area contributed by atoms with Crippen molar-refractivity contribution in [3.8, 4) is 0 Å². The zero-order valence-electron chi connectivity index (χ0n) is 11.1. The van der Waals surface area contributed by atoms with Crippen molar-refractivity contribution in [1.82, 2.24) is 14.7 Å². The number of nitrogens with zero attached hydrogens (tertiary/aromatic N) is 3. The molecule has 0 amide bonds. The fourth-order valence-corrected chi connectivity index (χ4v) is 1.91. The summed E-state index contributed by atoms with van der Waals surface area (Å²) in [6.07, 6.45) is -4.18. The molecule has 0 saturated heterocycles. The first-order valence-corrected chi connectivity index (χ1v) is 5.76. The number of anilines is 1. The van der Waals surface area contributed by atoms with E-state index in [0.717, 1.165) is 17.1 Å². The standard InChI is InChI=1S/C11H19F3N4/c1-5-15-10-9(8(2)16-18(10)4)6-17(3)7-11(12,13)14/h15H,5-7H2,1-4H3. The molecule has 18 heavy (non-hydrogen) atoms. The van der Waals surface area contributed by atoms with Gasteiger partial charge >= 0.3 is 6.18 Å². The monoisotopic (exact) mass is 264 g/mol. The second-order valence-electron chi connectivity index (χ2n) is 4.35. The molecule has 7 heteroatoms. The van der Waals surface area contributed by atoms with E-state index in [1.54, 1.807) is 18.7 Å². The number of aromatic nitrogens is 2. The predicted molar refractivity (Wildman–Crippen MR) is 64.5 cm³/mol. The van der Waals surface area contributed by atoms with Crippen molar-refractivity contribution in [2.24, 2.45) is 7.05 Å². The average Bonchev–Trinajstić information content (AvgIpc) is 2.42. The van der Waals surface area contributed by atoms with E-state index < -0.39 is 12.7 Å². The van der Waals surface area contributed by atoms with Gasteiger partial charge in [-0.25, -0.2) is 0 Å². The van der Waals surface area contributed by atoms with Crippen molar-refractivity contribution in [3.05, 3.63) is 11.3 Å². The highest BCUT2D eigenvalue weighted by Gasteiger charge is 2.29. The topological polar surface area (TPSA) is 33.1 Å². The largest absolute Gasteiger partial charge is 0.401 e. The van der Waals surface area contributed by atoms with Crippen LogP contribution in [0.3, 0.4) is 0 Å². The summed E-state index contributed by atoms with van der Waals surface area (Å²) in [7, 11) is 3.23. The van der Waals surface area contributed by atoms with Crippen molar-refractivity contribution >= 4 is 5.82 Å². The van der Waals surface area contributed by atoms with Gasteiger partial charge < -0.3 is 5.32 Å². The summed E-state index contributed by atoms with van der Waals surface area (Å²) in [4.78, 5) is 1.24. The van der Waals surface area contributed by atoms with E-state index in [0.29, 0.717) is 6.54 Å². The van der Waals surface area contributed by atoms with E-state index in [4.69, 9.17) is 0 Å². The Morgan fingerprint density at radius 1 is 1.39 bits per heavy atom. The first-order valence-electron chi connectivity index (χ1n) is 5.76. The van der Waals surface area contributed by atoms with Crippen LogP contribution in [0.4, 0.5) is 19.0 Å². The molecule has 0 atom stereocenters. The summed E-state index contributed by atoms with van der Waals surface area (Å²) in [5.74, 6) is 0.782. The van der Waals surface area contributed by atoms with Crippen molar-refractivity contribution in [3.63, 3.8) is 0 Å². The van der Waals surface area contributed by atoms with Crippen LogP contribution in [0.1, 0.15) is 18.2 Å². The van der Waals surface area contributed by atoms with Crippen molar-refractivity contribution < 1.29 is 13.2 Å². The van der Waals surface area contributed by atoms with Gasteiger partial charge in [0, 0.05) is 25.7 Å². The minimum Gasteiger partial charge on any atom is -0.370 e. The quantitative estimate of drug-likeness (QED) is 0.884. The molecule has 0 aromatic carbocycles. The Kier molecular flexibility index (Phi) is 4.61. The molecule has 0 spiro atoms. The van der Waals surface area contributed by atoms with Crippen LogP contribution in [0.2, 0.25) is 0 Å². The summed E-state index contributed by atoms with van der Waals surface area (Å²) in [5, 5.41) is 7.35. The Morgan fingerprint density at radius 2 is 2.00 bits per heavy atom. The number of halogens is 3. The van der Waals surface area contributed by atoms with Crippen LogP contribution in [0.15, 0.2) is 0 Å². The summed E-state index contributed by atoms with van der Waals surface area (Å²) in [6, 6.07) is 0. The number of rotatable bonds is 5. The number of aryl methyl sites for hydroxylation is 2. The molecule has 0 saturated carbocycles. The van der Waals surface area contributed by atoms with Gasteiger partial charge in [-0.05, 0) is 20.9 Å². The summed E-state index contributed by atoms with van der Waals surface area (Å²) >= 11 is 0. The van der Waals surface area contributed by atoms with Crippen LogP contribution in [0, 0.1) is 6.92 Å². The van der Waals surface area contributed by atoms with E-state index in [9.17, 15) is 13.2 Å². The number of alkyl halides is 3. The molecule has 0 aliphatic heterocycles. The van der Waals surface area contributed by atoms with Gasteiger partial charge in [0.1, 0.15) is 5.82 Å². The van der Waals surface area contributed by atoms with E-state index >= 15 is 0 Å². The highest BCUT2D eigenvalue weighted by molar-refractivity contribution is 5.47. The molecular formula is C11H19F3N4. The van der Waals surface area contributed by atoms with Crippen molar-refractivity contribution in [2.45, 2.75) is 26.6 Å². The third kappa shape index (κ3) is 3.90. The second kappa shape index (κ2) is 5.60. The Labute approximate surface area is 105 Å². The van der Waals surface area contributed by atoms with Gasteiger partial charge in [-0.3, -0.25) is 9.58 Å². The Hall–Kier alpha value is -1.24. The lowest BCUT2D eigenvalue weighted by molar-refractivity contribution is -0.144. The molecule has 1 rings (SSSR count). The lowest BCUT2D eigenvalue weighted by Gasteiger charge is -2.19. The first-order chi connectivity index (χ1) is 8.24. The smallest absolute Gasteiger partial charge is 0.370 e. The molecule has 0 aliphatic rings. The lowest BCUT2D eigenvalue weighted by atomic mass is 10.2. The highest BCUT2D eigenvalue weighted by Crippen LogP contribution is 2.22. The van der Waals surface area contributed by atoms with E-state index in [-0.39, 0.29) is 6.54 Å². The minimum absolute atomic E-state index is 0.224. The highest BCUT2D eigenvalue weighted by atomic mass is 19.4. The predicted octanol–water partition coefficient (Wildman–Crippen LogP) is 2.15. The van der Waals surface area contributed by atoms with Gasteiger partial charge in [-0.2, -0.15) is 18.3 Å². The van der Waals surface area contributed by atoms with Gasteiger partial charge in [0.2, 0.25) is 0 Å². The molecule has 1 heterocycles. The van der Waals surface area contributed by atoms with E-state index in [1.165, 1.54) is 11.9 Å². The molecule has 0 aliphatic carbocycles. The number of hydrogen-bond acceptors (Lipinski definition) is 3. The van der Waals surface area contributed by atoms with Crippen LogP contribution in [0.25, 0.3) is 0 Å². The minimum atomic E-state index is -4.18. The van der Waals surface area contributed by atoms with Crippen LogP contribution in [0.5, 0.6) is 0 Å². The third-order valence-electron chi connectivity index (χ3n) is 2.57. The summed E-state index contributed by atoms with van der Waals surface area (Å²) < 4.78 is 38.5. The molecule has 0 radical (unpaired) electrons. The fraction of sp³-hybridized carbons (Fsp3) is 0.727. The maximum Gasteiger partial charge on any atom is 0.401 e. The molecule has 4 nitrogen and oxygen atoms in total. The zero-order chi connectivity index (χ0) is 13.9. The van der Waals surface area contributed by atoms with Crippen LogP contribution < -0.4 is 5.32 Å². The number of hydrogen-bond donors (Lipinski definition) is 1. The van der Waals surface area contributed by atoms with Crippen LogP contribution in [-0.2, 0) is 13.6 Å². The van der Waals surface area contributed by atoms with Crippen molar-refractivity contribution in [2.75, 3.05) is 25.5 Å². The molecule has 0 bridgehead atoms. The molecule has 0 fully saturated rings. The maximum atomic E-state index is 12.3. The molecule has 1 aromatic rings. The zero-order valence-corrected chi connectivity index (χ0v) is 11.1. The molecule has 0 unspecified atom stereocenters. The Bertz CT molecular complexity index is 398. The normalized spacial score (nSPS) is 12.2. The Morgan fingerprint density at radius 3 is 2.50 bits per heavy atom. The SMILES string of the molecule is CCNc1c(CN(C)CC(F)(F)F)c(C)nn1C. The first kappa shape index (κ1) is 14.8. The third-order valence-corrected chi connectivity index (χ3v) is 2.57. The fourth-order valence-electron chi connectivity index (χ4n) is 1.91. The number of nitrogens with one attached hydrogen (secondary N) is 1. The van der Waals surface area contributed by atoms with Gasteiger partial charge in [0.25, 0.3) is 0 Å². The molecule has 1 aromatic heterocycles. The van der Waals surface area contributed by atoms with Gasteiger partial charge in [0.05, 0.1) is 12.2 Å². The second-order valence-corrected chi connectivity index (χ2v) is 4.35. The average molecular weight is 264 g/mol. The van der Waals surface area contributed by atoms with Crippen LogP contribution in [-0.4, -0.2) is 41.0 Å². The van der Waals surface area contributed by atoms with E-state index in [2.05, 4.69) is 10.4 Å². The maximum absolute atomic E-state index is 12.3. The molecular weight excluding hydrogens is 245 g/mol. The lowest BCUT2D eigenvalue weighted by Crippen LogP contribution is -2.30. The van der Waals surface area contributed by atoms with Gasteiger partial charge in [0.15, 0.2) is 0 Å². The van der Waals surface area contributed by atoms with Gasteiger partial charge in [-0.1, -0.05) is 0 Å². The Balaban J connectivity index is 2.83. The van der Waals surface area contributed by atoms with Gasteiger partial charge in [-0.15, -0.1) is 0 Å². The molecule has 1 N–H and O–H groups in total. The summed E-state index contributed by atoms with van der Waals surface area (Å²) in [6.45, 7) is 3.74. The van der Waals surface area contributed by atoms with Crippen LogP contribution >= 0.6 is 0 Å². The molecule has 104 valence electrons. The summed E-state index contributed by atoms with van der Waals surface area (Å²) in [5.41, 5.74) is 1.56. The van der Waals surface area contributed by atoms with E-state index in [1.807, 2.05) is 6.92 Å².